The van der Waals surface area contributed by atoms with E-state index in [1.165, 1.54) is 31.2 Å². The zero-order valence-electron chi connectivity index (χ0n) is 15.1. The van der Waals surface area contributed by atoms with Crippen LogP contribution in [-0.4, -0.2) is 47.3 Å². The quantitative estimate of drug-likeness (QED) is 0.503. The lowest BCUT2D eigenvalue weighted by Crippen LogP contribution is -2.33. The number of ketones is 1. The Morgan fingerprint density at radius 1 is 1.22 bits per heavy atom. The Morgan fingerprint density at radius 3 is 2.48 bits per heavy atom. The number of nitrogens with zero attached hydrogens (tertiary/aromatic N) is 3. The molecule has 1 unspecified atom stereocenters. The second-order valence-electron chi connectivity index (χ2n) is 5.91. The summed E-state index contributed by atoms with van der Waals surface area (Å²) in [6, 6.07) is 5.23. The summed E-state index contributed by atoms with van der Waals surface area (Å²) in [6.45, 7) is 3.30. The van der Waals surface area contributed by atoms with Gasteiger partial charge in [0.2, 0.25) is 15.9 Å². The summed E-state index contributed by atoms with van der Waals surface area (Å²) in [4.78, 5) is 23.4. The molecule has 2 rings (SSSR count). The van der Waals surface area contributed by atoms with Crippen molar-refractivity contribution in [2.75, 3.05) is 6.54 Å². The molecule has 1 aromatic carbocycles. The van der Waals surface area contributed by atoms with Gasteiger partial charge >= 0.3 is 0 Å². The van der Waals surface area contributed by atoms with Gasteiger partial charge in [0.25, 0.3) is 0 Å². The van der Waals surface area contributed by atoms with Gasteiger partial charge in [0, 0.05) is 18.5 Å². The van der Waals surface area contributed by atoms with Crippen molar-refractivity contribution in [3.8, 4) is 0 Å². The van der Waals surface area contributed by atoms with Crippen molar-refractivity contribution in [3.63, 3.8) is 0 Å². The highest BCUT2D eigenvalue weighted by Crippen LogP contribution is 2.13. The Hall–Kier alpha value is -2.66. The van der Waals surface area contributed by atoms with E-state index in [1.807, 2.05) is 6.92 Å². The molecule has 0 aliphatic rings. The van der Waals surface area contributed by atoms with E-state index in [2.05, 4.69) is 30.7 Å². The van der Waals surface area contributed by atoms with Gasteiger partial charge in [-0.15, -0.1) is 10.2 Å². The van der Waals surface area contributed by atoms with Crippen LogP contribution >= 0.6 is 0 Å². The Bertz CT molecular complexity index is 865. The third-order valence-electron chi connectivity index (χ3n) is 3.80. The standard InChI is InChI=1S/C16H22N6O4S/c1-3-4-14(16-19-21-22-20-16)18-15(24)9-10-17-27(25,26)13-7-5-12(6-8-13)11(2)23/h5-8,14,17H,3-4,9-10H2,1-2H3,(H,18,24)(H,19,20,21,22). The normalized spacial score (nSPS) is 12.5. The maximum Gasteiger partial charge on any atom is 0.240 e. The Kier molecular flexibility index (Phi) is 7.13. The maximum atomic E-state index is 12.2. The number of sulfonamides is 1. The highest BCUT2D eigenvalue weighted by atomic mass is 32.2. The van der Waals surface area contributed by atoms with Crippen LogP contribution in [0.5, 0.6) is 0 Å². The molecule has 1 amide bonds. The number of amides is 1. The molecule has 27 heavy (non-hydrogen) atoms. The first-order valence-electron chi connectivity index (χ1n) is 8.47. The molecule has 0 radical (unpaired) electrons. The molecule has 2 aromatic rings. The Morgan fingerprint density at radius 2 is 1.93 bits per heavy atom. The minimum Gasteiger partial charge on any atom is -0.346 e. The Labute approximate surface area is 157 Å². The van der Waals surface area contributed by atoms with E-state index < -0.39 is 10.0 Å². The number of hydrogen-bond acceptors (Lipinski definition) is 7. The molecule has 0 fully saturated rings. The lowest BCUT2D eigenvalue weighted by atomic mass is 10.1. The first kappa shape index (κ1) is 20.6. The molecule has 0 spiro atoms. The monoisotopic (exact) mass is 394 g/mol. The SMILES string of the molecule is CCCC(NC(=O)CCNS(=O)(=O)c1ccc(C(C)=O)cc1)c1nn[nH]n1. The maximum absolute atomic E-state index is 12.2. The Balaban J connectivity index is 1.88. The molecular formula is C16H22N6O4S. The van der Waals surface area contributed by atoms with E-state index in [9.17, 15) is 18.0 Å². The van der Waals surface area contributed by atoms with Gasteiger partial charge < -0.3 is 5.32 Å². The summed E-state index contributed by atoms with van der Waals surface area (Å²) < 4.78 is 26.9. The largest absolute Gasteiger partial charge is 0.346 e. The number of carbonyl (C=O) groups excluding carboxylic acids is 2. The molecule has 1 aromatic heterocycles. The van der Waals surface area contributed by atoms with Gasteiger partial charge in [-0.05, 0) is 25.5 Å². The molecule has 1 heterocycles. The minimum absolute atomic E-state index is 0.0311. The molecule has 11 heteroatoms. The molecule has 0 saturated heterocycles. The lowest BCUT2D eigenvalue weighted by Gasteiger charge is -2.14. The predicted molar refractivity (Wildman–Crippen MR) is 96.2 cm³/mol. The van der Waals surface area contributed by atoms with Gasteiger partial charge in [0.15, 0.2) is 11.6 Å². The summed E-state index contributed by atoms with van der Waals surface area (Å²) in [7, 11) is -3.76. The van der Waals surface area contributed by atoms with Gasteiger partial charge in [-0.25, -0.2) is 13.1 Å². The summed E-state index contributed by atoms with van der Waals surface area (Å²) in [6.07, 6.45) is 1.41. The topological polar surface area (TPSA) is 147 Å². The van der Waals surface area contributed by atoms with E-state index in [0.29, 0.717) is 17.8 Å². The number of aromatic nitrogens is 4. The van der Waals surface area contributed by atoms with Crippen LogP contribution in [0.25, 0.3) is 0 Å². The number of H-pyrrole nitrogens is 1. The molecule has 146 valence electrons. The summed E-state index contributed by atoms with van der Waals surface area (Å²) in [5.74, 6) is -0.0870. The van der Waals surface area contributed by atoms with Crippen LogP contribution in [0.2, 0.25) is 0 Å². The number of benzene rings is 1. The van der Waals surface area contributed by atoms with Crippen LogP contribution in [0.4, 0.5) is 0 Å². The smallest absolute Gasteiger partial charge is 0.240 e. The summed E-state index contributed by atoms with van der Waals surface area (Å²) in [5, 5.41) is 16.3. The third kappa shape index (κ3) is 5.93. The van der Waals surface area contributed by atoms with Gasteiger partial charge in [-0.2, -0.15) is 5.21 Å². The average Bonchev–Trinajstić information content (AvgIpc) is 3.16. The van der Waals surface area contributed by atoms with Crippen LogP contribution in [-0.2, 0) is 14.8 Å². The first-order chi connectivity index (χ1) is 12.8. The van der Waals surface area contributed by atoms with Crippen molar-refractivity contribution in [3.05, 3.63) is 35.7 Å². The zero-order valence-corrected chi connectivity index (χ0v) is 15.9. The molecule has 0 aliphatic carbocycles. The summed E-state index contributed by atoms with van der Waals surface area (Å²) >= 11 is 0. The van der Waals surface area contributed by atoms with Gasteiger partial charge in [0.1, 0.15) is 0 Å². The highest BCUT2D eigenvalue weighted by Gasteiger charge is 2.19. The molecule has 1 atom stereocenters. The van der Waals surface area contributed by atoms with Crippen LogP contribution in [0.3, 0.4) is 0 Å². The number of aromatic amines is 1. The van der Waals surface area contributed by atoms with E-state index in [4.69, 9.17) is 0 Å². The van der Waals surface area contributed by atoms with Gasteiger partial charge in [0.05, 0.1) is 10.9 Å². The minimum atomic E-state index is -3.76. The van der Waals surface area contributed by atoms with Crippen LogP contribution in [0, 0.1) is 0 Å². The first-order valence-corrected chi connectivity index (χ1v) is 9.95. The molecule has 10 nitrogen and oxygen atoms in total. The van der Waals surface area contributed by atoms with Crippen molar-refractivity contribution < 1.29 is 18.0 Å². The van der Waals surface area contributed by atoms with Crippen molar-refractivity contribution in [2.45, 2.75) is 44.0 Å². The third-order valence-corrected chi connectivity index (χ3v) is 5.28. The predicted octanol–water partition coefficient (Wildman–Crippen LogP) is 0.728. The van der Waals surface area contributed by atoms with Crippen LogP contribution < -0.4 is 10.0 Å². The number of tetrazole rings is 1. The highest BCUT2D eigenvalue weighted by molar-refractivity contribution is 7.89. The van der Waals surface area contributed by atoms with Gasteiger partial charge in [-0.1, -0.05) is 30.7 Å². The van der Waals surface area contributed by atoms with E-state index in [0.717, 1.165) is 6.42 Å². The van der Waals surface area contributed by atoms with E-state index in [1.54, 1.807) is 0 Å². The molecular weight excluding hydrogens is 372 g/mol. The zero-order chi connectivity index (χ0) is 19.9. The van der Waals surface area contributed by atoms with Crippen molar-refractivity contribution in [1.82, 2.24) is 30.7 Å². The number of hydrogen-bond donors (Lipinski definition) is 3. The second kappa shape index (κ2) is 9.33. The second-order valence-corrected chi connectivity index (χ2v) is 7.67. The van der Waals surface area contributed by atoms with Crippen molar-refractivity contribution >= 4 is 21.7 Å². The molecule has 0 aliphatic heterocycles. The fourth-order valence-electron chi connectivity index (χ4n) is 2.39. The molecule has 0 saturated carbocycles. The summed E-state index contributed by atoms with van der Waals surface area (Å²) in [5.41, 5.74) is 0.428. The van der Waals surface area contributed by atoms with E-state index >= 15 is 0 Å². The van der Waals surface area contributed by atoms with Crippen molar-refractivity contribution in [1.29, 1.82) is 0 Å². The van der Waals surface area contributed by atoms with Gasteiger partial charge in [-0.3, -0.25) is 9.59 Å². The van der Waals surface area contributed by atoms with Crippen LogP contribution in [0.1, 0.15) is 55.3 Å². The number of carbonyl (C=O) groups is 2. The fourth-order valence-corrected chi connectivity index (χ4v) is 3.42. The molecule has 0 bridgehead atoms. The van der Waals surface area contributed by atoms with E-state index in [-0.39, 0.29) is 35.6 Å². The fraction of sp³-hybridized carbons (Fsp3) is 0.438. The average molecular weight is 394 g/mol. The lowest BCUT2D eigenvalue weighted by molar-refractivity contribution is -0.121. The number of nitrogens with one attached hydrogen (secondary N) is 3. The molecule has 3 N–H and O–H groups in total. The van der Waals surface area contributed by atoms with Crippen LogP contribution in [0.15, 0.2) is 29.2 Å². The number of Topliss-reactive ketones (excluding diaryl/α,β-unsaturated/α-hetero) is 1. The number of rotatable bonds is 10. The van der Waals surface area contributed by atoms with Crippen molar-refractivity contribution in [2.24, 2.45) is 0 Å².